The van der Waals surface area contributed by atoms with E-state index in [4.69, 9.17) is 0 Å². The van der Waals surface area contributed by atoms with Gasteiger partial charge >= 0.3 is 0 Å². The fourth-order valence-corrected chi connectivity index (χ4v) is 1.77. The monoisotopic (exact) mass is 243 g/mol. The molecule has 0 unspecified atom stereocenters. The molecule has 1 rings (SSSR count). The Hall–Kier alpha value is -1.01. The van der Waals surface area contributed by atoms with Crippen molar-refractivity contribution in [2.24, 2.45) is 0 Å². The Balaban J connectivity index is 2.87. The number of nitrogens with zero attached hydrogens (tertiary/aromatic N) is 2. The van der Waals surface area contributed by atoms with Gasteiger partial charge in [0.05, 0.1) is 35.1 Å². The fourth-order valence-electron chi connectivity index (χ4n) is 1.21. The van der Waals surface area contributed by atoms with Crippen LogP contribution in [-0.4, -0.2) is 24.1 Å². The minimum Gasteiger partial charge on any atom is -0.255 e. The Labute approximate surface area is 96.4 Å². The molecule has 0 aromatic carbocycles. The highest BCUT2D eigenvalue weighted by Crippen LogP contribution is 2.07. The third-order valence-electron chi connectivity index (χ3n) is 2.42. The molecule has 0 saturated heterocycles. The highest BCUT2D eigenvalue weighted by molar-refractivity contribution is 7.89. The van der Waals surface area contributed by atoms with E-state index in [9.17, 15) is 8.42 Å². The number of aromatic nitrogens is 2. The fraction of sp³-hybridized carbons (Fsp3) is 0.600. The molecule has 0 fully saturated rings. The molecular formula is C10H17N3O2S. The first-order valence-electron chi connectivity index (χ1n) is 5.13. The summed E-state index contributed by atoms with van der Waals surface area (Å²) in [6.07, 6.45) is 0. The Morgan fingerprint density at radius 1 is 1.06 bits per heavy atom. The van der Waals surface area contributed by atoms with Crippen molar-refractivity contribution in [3.05, 3.63) is 22.8 Å². The van der Waals surface area contributed by atoms with Crippen molar-refractivity contribution in [2.75, 3.05) is 5.75 Å². The van der Waals surface area contributed by atoms with Crippen molar-refractivity contribution >= 4 is 10.0 Å². The summed E-state index contributed by atoms with van der Waals surface area (Å²) < 4.78 is 25.0. The number of hydrogen-bond donors (Lipinski definition) is 1. The van der Waals surface area contributed by atoms with Gasteiger partial charge in [-0.1, -0.05) is 0 Å². The average molecular weight is 243 g/mol. The van der Waals surface area contributed by atoms with E-state index in [2.05, 4.69) is 14.7 Å². The van der Waals surface area contributed by atoms with Gasteiger partial charge in [0.1, 0.15) is 0 Å². The van der Waals surface area contributed by atoms with Crippen molar-refractivity contribution in [3.8, 4) is 0 Å². The van der Waals surface area contributed by atoms with E-state index in [0.717, 1.165) is 17.1 Å². The van der Waals surface area contributed by atoms with E-state index >= 15 is 0 Å². The molecule has 90 valence electrons. The number of aryl methyl sites for hydroxylation is 3. The maximum Gasteiger partial charge on any atom is 0.211 e. The minimum absolute atomic E-state index is 0.0737. The molecule has 0 aliphatic heterocycles. The quantitative estimate of drug-likeness (QED) is 0.850. The molecule has 0 radical (unpaired) electrons. The number of sulfonamides is 1. The van der Waals surface area contributed by atoms with Gasteiger partial charge in [0, 0.05) is 0 Å². The van der Waals surface area contributed by atoms with Crippen LogP contribution in [0.1, 0.15) is 29.7 Å². The maximum absolute atomic E-state index is 11.3. The maximum atomic E-state index is 11.3. The van der Waals surface area contributed by atoms with Gasteiger partial charge in [0.25, 0.3) is 0 Å². The van der Waals surface area contributed by atoms with Gasteiger partial charge in [-0.05, 0) is 27.7 Å². The summed E-state index contributed by atoms with van der Waals surface area (Å²) in [5.41, 5.74) is 3.15. The largest absolute Gasteiger partial charge is 0.255 e. The molecule has 0 bridgehead atoms. The van der Waals surface area contributed by atoms with Gasteiger partial charge in [0.2, 0.25) is 10.0 Å². The molecule has 0 aliphatic rings. The van der Waals surface area contributed by atoms with Crippen molar-refractivity contribution in [1.82, 2.24) is 14.7 Å². The molecule has 1 aromatic rings. The van der Waals surface area contributed by atoms with Gasteiger partial charge in [-0.25, -0.2) is 13.1 Å². The van der Waals surface area contributed by atoms with Crippen LogP contribution in [0.4, 0.5) is 0 Å². The van der Waals surface area contributed by atoms with E-state index in [1.807, 2.05) is 20.8 Å². The lowest BCUT2D eigenvalue weighted by Crippen LogP contribution is -2.26. The second-order valence-corrected chi connectivity index (χ2v) is 5.75. The van der Waals surface area contributed by atoms with Crippen LogP contribution < -0.4 is 4.72 Å². The number of rotatable bonds is 4. The van der Waals surface area contributed by atoms with Crippen LogP contribution >= 0.6 is 0 Å². The Morgan fingerprint density at radius 2 is 1.62 bits per heavy atom. The summed E-state index contributed by atoms with van der Waals surface area (Å²) in [6.45, 7) is 7.38. The zero-order valence-electron chi connectivity index (χ0n) is 10.0. The van der Waals surface area contributed by atoms with E-state index in [0.29, 0.717) is 5.69 Å². The number of hydrogen-bond acceptors (Lipinski definition) is 4. The Kier molecular flexibility index (Phi) is 3.98. The van der Waals surface area contributed by atoms with Crippen molar-refractivity contribution in [3.63, 3.8) is 0 Å². The van der Waals surface area contributed by atoms with Crippen molar-refractivity contribution in [2.45, 2.75) is 34.2 Å². The van der Waals surface area contributed by atoms with Gasteiger partial charge in [-0.3, -0.25) is 9.97 Å². The zero-order chi connectivity index (χ0) is 12.3. The summed E-state index contributed by atoms with van der Waals surface area (Å²) in [5.74, 6) is 0.0737. The standard InChI is InChI=1S/C10H17N3O2S/c1-5-16(14,15)11-6-10-9(4)12-7(2)8(3)13-10/h11H,5-6H2,1-4H3. The van der Waals surface area contributed by atoms with Crippen LogP contribution in [0, 0.1) is 20.8 Å². The van der Waals surface area contributed by atoms with Crippen LogP contribution in [0.3, 0.4) is 0 Å². The van der Waals surface area contributed by atoms with Crippen LogP contribution in [0.15, 0.2) is 0 Å². The summed E-state index contributed by atoms with van der Waals surface area (Å²) in [5, 5.41) is 0. The second kappa shape index (κ2) is 4.88. The lowest BCUT2D eigenvalue weighted by molar-refractivity contribution is 0.581. The molecule has 5 nitrogen and oxygen atoms in total. The summed E-state index contributed by atoms with van der Waals surface area (Å²) >= 11 is 0. The van der Waals surface area contributed by atoms with Gasteiger partial charge < -0.3 is 0 Å². The van der Waals surface area contributed by atoms with Crippen LogP contribution in [0.2, 0.25) is 0 Å². The predicted octanol–water partition coefficient (Wildman–Crippen LogP) is 0.841. The summed E-state index contributed by atoms with van der Waals surface area (Å²) in [6, 6.07) is 0. The van der Waals surface area contributed by atoms with Crippen LogP contribution in [0.25, 0.3) is 0 Å². The SMILES string of the molecule is CCS(=O)(=O)NCc1nc(C)c(C)nc1C. The zero-order valence-corrected chi connectivity index (χ0v) is 10.8. The first-order valence-corrected chi connectivity index (χ1v) is 6.79. The highest BCUT2D eigenvalue weighted by Gasteiger charge is 2.10. The van der Waals surface area contributed by atoms with Crippen molar-refractivity contribution < 1.29 is 8.42 Å². The molecule has 0 atom stereocenters. The van der Waals surface area contributed by atoms with Gasteiger partial charge in [0.15, 0.2) is 0 Å². The van der Waals surface area contributed by atoms with E-state index in [-0.39, 0.29) is 12.3 Å². The average Bonchev–Trinajstić information content (AvgIpc) is 2.22. The number of nitrogens with one attached hydrogen (secondary N) is 1. The second-order valence-electron chi connectivity index (χ2n) is 3.65. The molecule has 1 heterocycles. The smallest absolute Gasteiger partial charge is 0.211 e. The van der Waals surface area contributed by atoms with Crippen LogP contribution in [0.5, 0.6) is 0 Å². The van der Waals surface area contributed by atoms with Gasteiger partial charge in [-0.2, -0.15) is 0 Å². The third kappa shape index (κ3) is 3.24. The van der Waals surface area contributed by atoms with Crippen molar-refractivity contribution in [1.29, 1.82) is 0 Å². The lowest BCUT2D eigenvalue weighted by Gasteiger charge is -2.08. The van der Waals surface area contributed by atoms with Crippen LogP contribution in [-0.2, 0) is 16.6 Å². The summed E-state index contributed by atoms with van der Waals surface area (Å²) in [7, 11) is -3.18. The molecule has 0 amide bonds. The highest BCUT2D eigenvalue weighted by atomic mass is 32.2. The van der Waals surface area contributed by atoms with E-state index in [1.54, 1.807) is 6.92 Å². The molecular weight excluding hydrogens is 226 g/mol. The van der Waals surface area contributed by atoms with E-state index in [1.165, 1.54) is 0 Å². The third-order valence-corrected chi connectivity index (χ3v) is 3.76. The molecule has 1 aromatic heterocycles. The molecule has 0 aliphatic carbocycles. The van der Waals surface area contributed by atoms with Gasteiger partial charge in [-0.15, -0.1) is 0 Å². The lowest BCUT2D eigenvalue weighted by atomic mass is 10.2. The minimum atomic E-state index is -3.18. The molecule has 1 N–H and O–H groups in total. The molecule has 16 heavy (non-hydrogen) atoms. The molecule has 6 heteroatoms. The topological polar surface area (TPSA) is 72.0 Å². The summed E-state index contributed by atoms with van der Waals surface area (Å²) in [4.78, 5) is 8.62. The Bertz CT molecular complexity index is 483. The molecule has 0 spiro atoms. The molecule has 0 saturated carbocycles. The van der Waals surface area contributed by atoms with E-state index < -0.39 is 10.0 Å². The predicted molar refractivity (Wildman–Crippen MR) is 62.5 cm³/mol. The normalized spacial score (nSPS) is 11.8. The first-order chi connectivity index (χ1) is 7.35. The first kappa shape index (κ1) is 13.1. The Morgan fingerprint density at radius 3 is 2.19 bits per heavy atom.